The van der Waals surface area contributed by atoms with Gasteiger partial charge in [-0.25, -0.2) is 15.0 Å². The second-order valence-electron chi connectivity index (χ2n) is 8.28. The van der Waals surface area contributed by atoms with Crippen LogP contribution in [-0.4, -0.2) is 67.1 Å². The number of hydrogen-bond donors (Lipinski definition) is 3. The first-order chi connectivity index (χ1) is 14.3. The van der Waals surface area contributed by atoms with Crippen LogP contribution in [0.1, 0.15) is 31.9 Å². The molecule has 1 saturated heterocycles. The third kappa shape index (κ3) is 3.51. The number of fused-ring (bicyclic) bond motifs is 3. The van der Waals surface area contributed by atoms with Crippen LogP contribution in [0.4, 0.5) is 19.0 Å². The molecule has 0 amide bonds. The van der Waals surface area contributed by atoms with Crippen LogP contribution in [0, 0.1) is 11.8 Å². The number of halogens is 3. The Balaban J connectivity index is 1.36. The SMILES string of the molecule is OC1C(O)[C@@H](COC(F)(F)F)O[C@H]1n1cnc2c(NC3CC4CCC3C4)ncnc21. The molecule has 0 spiro atoms. The molecule has 5 unspecified atom stereocenters. The molecule has 2 aliphatic carbocycles. The minimum atomic E-state index is -4.86. The Morgan fingerprint density at radius 2 is 2.00 bits per heavy atom. The van der Waals surface area contributed by atoms with Crippen molar-refractivity contribution in [2.45, 2.75) is 62.6 Å². The summed E-state index contributed by atoms with van der Waals surface area (Å²) in [7, 11) is 0. The molecule has 12 heteroatoms. The molecule has 2 aromatic rings. The fourth-order valence-corrected chi connectivity index (χ4v) is 5.01. The molecular formula is C18H22F3N5O4. The molecule has 2 saturated carbocycles. The van der Waals surface area contributed by atoms with E-state index < -0.39 is 37.5 Å². The Morgan fingerprint density at radius 1 is 1.17 bits per heavy atom. The first-order valence-electron chi connectivity index (χ1n) is 9.96. The number of aliphatic hydroxyl groups excluding tert-OH is 2. The average molecular weight is 429 g/mol. The van der Waals surface area contributed by atoms with Crippen molar-refractivity contribution >= 4 is 17.0 Å². The molecule has 3 heterocycles. The van der Waals surface area contributed by atoms with Gasteiger partial charge in [0.25, 0.3) is 0 Å². The van der Waals surface area contributed by atoms with Crippen LogP contribution in [0.25, 0.3) is 11.2 Å². The second-order valence-corrected chi connectivity index (χ2v) is 8.28. The van der Waals surface area contributed by atoms with Gasteiger partial charge in [0.05, 0.1) is 12.9 Å². The number of ether oxygens (including phenoxy) is 2. The topological polar surface area (TPSA) is 115 Å². The Kier molecular flexibility index (Phi) is 4.84. The van der Waals surface area contributed by atoms with E-state index in [-0.39, 0.29) is 0 Å². The van der Waals surface area contributed by atoms with Crippen LogP contribution in [-0.2, 0) is 9.47 Å². The summed E-state index contributed by atoms with van der Waals surface area (Å²) in [4.78, 5) is 12.8. The number of aliphatic hydroxyl groups is 2. The minimum Gasteiger partial charge on any atom is -0.387 e. The molecule has 1 aliphatic heterocycles. The zero-order chi connectivity index (χ0) is 21.0. The molecule has 0 radical (unpaired) electrons. The van der Waals surface area contributed by atoms with E-state index in [1.807, 2.05) is 0 Å². The molecular weight excluding hydrogens is 407 g/mol. The van der Waals surface area contributed by atoms with Crippen LogP contribution in [0.15, 0.2) is 12.7 Å². The molecule has 7 atom stereocenters. The number of aromatic nitrogens is 4. The van der Waals surface area contributed by atoms with Crippen molar-refractivity contribution in [3.63, 3.8) is 0 Å². The van der Waals surface area contributed by atoms with Gasteiger partial charge in [-0.2, -0.15) is 0 Å². The first-order valence-corrected chi connectivity index (χ1v) is 9.96. The molecule has 0 aromatic carbocycles. The van der Waals surface area contributed by atoms with Gasteiger partial charge in [0.15, 0.2) is 23.2 Å². The van der Waals surface area contributed by atoms with Gasteiger partial charge in [-0.05, 0) is 31.1 Å². The van der Waals surface area contributed by atoms with Crippen LogP contribution >= 0.6 is 0 Å². The molecule has 5 rings (SSSR count). The van der Waals surface area contributed by atoms with Crippen LogP contribution in [0.5, 0.6) is 0 Å². The van der Waals surface area contributed by atoms with E-state index in [2.05, 4.69) is 25.0 Å². The van der Waals surface area contributed by atoms with Crippen molar-refractivity contribution < 1.29 is 32.9 Å². The molecule has 3 aliphatic rings. The Labute approximate surface area is 169 Å². The fraction of sp³-hybridized carbons (Fsp3) is 0.722. The van der Waals surface area contributed by atoms with Crippen molar-refractivity contribution in [2.75, 3.05) is 11.9 Å². The number of hydrogen-bond acceptors (Lipinski definition) is 8. The van der Waals surface area contributed by atoms with Gasteiger partial charge in [-0.1, -0.05) is 6.42 Å². The number of nitrogens with zero attached hydrogens (tertiary/aromatic N) is 4. The summed E-state index contributed by atoms with van der Waals surface area (Å²) in [6, 6.07) is 0.325. The van der Waals surface area contributed by atoms with Gasteiger partial charge >= 0.3 is 6.36 Å². The van der Waals surface area contributed by atoms with Gasteiger partial charge < -0.3 is 20.3 Å². The smallest absolute Gasteiger partial charge is 0.387 e. The van der Waals surface area contributed by atoms with Crippen LogP contribution in [0.2, 0.25) is 0 Å². The van der Waals surface area contributed by atoms with Crippen molar-refractivity contribution in [2.24, 2.45) is 11.8 Å². The number of anilines is 1. The van der Waals surface area contributed by atoms with Gasteiger partial charge in [-0.15, -0.1) is 13.2 Å². The zero-order valence-corrected chi connectivity index (χ0v) is 15.9. The van der Waals surface area contributed by atoms with Crippen molar-refractivity contribution in [1.29, 1.82) is 0 Å². The lowest BCUT2D eigenvalue weighted by Crippen LogP contribution is -2.35. The molecule has 164 valence electrons. The first kappa shape index (κ1) is 19.9. The second kappa shape index (κ2) is 7.29. The lowest BCUT2D eigenvalue weighted by atomic mass is 9.95. The maximum Gasteiger partial charge on any atom is 0.522 e. The Hall–Kier alpha value is -2.02. The normalized spacial score (nSPS) is 36.1. The maximum atomic E-state index is 12.3. The number of imidazole rings is 1. The quantitative estimate of drug-likeness (QED) is 0.657. The standard InChI is InChI=1S/C18H22F3N5O4/c19-18(20,21)29-5-11-13(27)14(28)17(30-11)26-7-24-12-15(22-6-23-16(12)26)25-10-4-8-1-2-9(10)3-8/h6-11,13-14,17,27-28H,1-5H2,(H,22,23,25)/t8?,9?,10?,11-,13?,14?,17-/m1/s1. The third-order valence-corrected chi connectivity index (χ3v) is 6.44. The predicted octanol–water partition coefficient (Wildman–Crippen LogP) is 1.58. The highest BCUT2D eigenvalue weighted by molar-refractivity contribution is 5.82. The monoisotopic (exact) mass is 429 g/mol. The number of alkyl halides is 3. The largest absolute Gasteiger partial charge is 0.522 e. The molecule has 2 aromatic heterocycles. The lowest BCUT2D eigenvalue weighted by molar-refractivity contribution is -0.333. The number of rotatable bonds is 5. The van der Waals surface area contributed by atoms with Gasteiger partial charge in [0.2, 0.25) is 0 Å². The van der Waals surface area contributed by atoms with E-state index >= 15 is 0 Å². The average Bonchev–Trinajstić information content (AvgIpc) is 3.46. The van der Waals surface area contributed by atoms with E-state index in [1.165, 1.54) is 36.5 Å². The van der Waals surface area contributed by atoms with E-state index in [0.29, 0.717) is 28.9 Å². The molecule has 9 nitrogen and oxygen atoms in total. The van der Waals surface area contributed by atoms with Gasteiger partial charge in [0.1, 0.15) is 24.6 Å². The van der Waals surface area contributed by atoms with E-state index in [1.54, 1.807) is 0 Å². The molecule has 30 heavy (non-hydrogen) atoms. The summed E-state index contributed by atoms with van der Waals surface area (Å²) in [5.41, 5.74) is 0.824. The third-order valence-electron chi connectivity index (χ3n) is 6.44. The summed E-state index contributed by atoms with van der Waals surface area (Å²) >= 11 is 0. The van der Waals surface area contributed by atoms with Crippen LogP contribution in [0.3, 0.4) is 0 Å². The summed E-state index contributed by atoms with van der Waals surface area (Å²) in [5.74, 6) is 1.94. The van der Waals surface area contributed by atoms with Crippen molar-refractivity contribution in [3.05, 3.63) is 12.7 Å². The Bertz CT molecular complexity index is 925. The molecule has 3 fully saturated rings. The lowest BCUT2D eigenvalue weighted by Gasteiger charge is -2.23. The highest BCUT2D eigenvalue weighted by atomic mass is 19.4. The summed E-state index contributed by atoms with van der Waals surface area (Å²) < 4.78 is 47.6. The maximum absolute atomic E-state index is 12.3. The van der Waals surface area contributed by atoms with Crippen LogP contribution < -0.4 is 5.32 Å². The van der Waals surface area contributed by atoms with E-state index in [4.69, 9.17) is 4.74 Å². The highest BCUT2D eigenvalue weighted by Gasteiger charge is 2.46. The van der Waals surface area contributed by atoms with Gasteiger partial charge in [-0.3, -0.25) is 9.30 Å². The minimum absolute atomic E-state index is 0.325. The predicted molar refractivity (Wildman–Crippen MR) is 96.1 cm³/mol. The van der Waals surface area contributed by atoms with Crippen molar-refractivity contribution in [3.8, 4) is 0 Å². The van der Waals surface area contributed by atoms with Crippen molar-refractivity contribution in [1.82, 2.24) is 19.5 Å². The molecule has 2 bridgehead atoms. The van der Waals surface area contributed by atoms with E-state index in [0.717, 1.165) is 12.3 Å². The summed E-state index contributed by atoms with van der Waals surface area (Å²) in [6.45, 7) is -0.934. The molecule has 3 N–H and O–H groups in total. The summed E-state index contributed by atoms with van der Waals surface area (Å²) in [6.07, 6.45) is -2.87. The van der Waals surface area contributed by atoms with E-state index in [9.17, 15) is 23.4 Å². The summed E-state index contributed by atoms with van der Waals surface area (Å²) in [5, 5.41) is 23.9. The fourth-order valence-electron chi connectivity index (χ4n) is 5.01. The Morgan fingerprint density at radius 3 is 2.70 bits per heavy atom. The van der Waals surface area contributed by atoms with Gasteiger partial charge in [0, 0.05) is 6.04 Å². The highest BCUT2D eigenvalue weighted by Crippen LogP contribution is 2.45. The number of nitrogens with one attached hydrogen (secondary N) is 1. The zero-order valence-electron chi connectivity index (χ0n) is 15.9.